The van der Waals surface area contributed by atoms with Gasteiger partial charge in [-0.15, -0.1) is 29.3 Å². The third kappa shape index (κ3) is 8.58. The molecule has 7 aromatic carbocycles. The van der Waals surface area contributed by atoms with E-state index < -0.39 is 6.88 Å². The molecule has 0 saturated carbocycles. The molecule has 1 unspecified atom stereocenters. The Morgan fingerprint density at radius 1 is 0.635 bits per heavy atom. The van der Waals surface area contributed by atoms with Gasteiger partial charge in [0.05, 0.1) is 22.3 Å². The van der Waals surface area contributed by atoms with Gasteiger partial charge in [0, 0.05) is 41.6 Å². The van der Waals surface area contributed by atoms with Crippen LogP contribution in [0.25, 0.3) is 72.7 Å². The zero-order chi connectivity index (χ0) is 44.7. The summed E-state index contributed by atoms with van der Waals surface area (Å²) in [5.41, 5.74) is 15.2. The minimum absolute atomic E-state index is 0. The van der Waals surface area contributed by atoms with Gasteiger partial charge in [0.15, 0.2) is 0 Å². The van der Waals surface area contributed by atoms with Crippen molar-refractivity contribution in [2.24, 2.45) is 0 Å². The molecule has 0 aliphatic carbocycles. The molecule has 0 fully saturated rings. The van der Waals surface area contributed by atoms with Gasteiger partial charge in [0.25, 0.3) is 0 Å². The van der Waals surface area contributed by atoms with E-state index in [1.165, 1.54) is 11.1 Å². The van der Waals surface area contributed by atoms with E-state index in [9.17, 15) is 5.11 Å². The quantitative estimate of drug-likeness (QED) is 0.147. The van der Waals surface area contributed by atoms with E-state index in [1.807, 2.05) is 66.9 Å². The molecule has 1 N–H and O–H groups in total. The maximum atomic E-state index is 12.1. The Morgan fingerprint density at radius 2 is 1.27 bits per heavy atom. The van der Waals surface area contributed by atoms with Gasteiger partial charge in [-0.1, -0.05) is 181 Å². The number of para-hydroxylation sites is 2. The molecule has 316 valence electrons. The molecule has 0 bridgehead atoms. The molecule has 2 aromatic heterocycles. The summed E-state index contributed by atoms with van der Waals surface area (Å²) in [4.78, 5) is 10.3. The number of aromatic hydroxyl groups is 1. The predicted molar refractivity (Wildman–Crippen MR) is 258 cm³/mol. The number of aromatic nitrogens is 3. The van der Waals surface area contributed by atoms with Gasteiger partial charge >= 0.3 is 0 Å². The number of phenolic OH excluding ortho intramolecular Hbond substituents is 1. The Labute approximate surface area is 389 Å². The van der Waals surface area contributed by atoms with Crippen molar-refractivity contribution in [3.63, 3.8) is 0 Å². The first-order chi connectivity index (χ1) is 30.9. The van der Waals surface area contributed by atoms with Crippen LogP contribution >= 0.6 is 0 Å². The first-order valence-electron chi connectivity index (χ1n) is 22.6. The van der Waals surface area contributed by atoms with Crippen molar-refractivity contribution in [3.8, 4) is 67.5 Å². The van der Waals surface area contributed by atoms with Crippen LogP contribution in [-0.2, 0) is 26.5 Å². The first kappa shape index (κ1) is 40.7. The van der Waals surface area contributed by atoms with E-state index in [-0.39, 0.29) is 44.1 Å². The molecular weight excluding hydrogens is 950 g/mol. The number of fused-ring (bicyclic) bond motifs is 1. The van der Waals surface area contributed by atoms with Crippen molar-refractivity contribution in [1.82, 2.24) is 14.5 Å². The van der Waals surface area contributed by atoms with Crippen LogP contribution in [0.5, 0.6) is 5.75 Å². The Balaban J connectivity index is 0.00000576. The van der Waals surface area contributed by atoms with Crippen LogP contribution < -0.4 is 0 Å². The van der Waals surface area contributed by atoms with Gasteiger partial charge in [0.2, 0.25) is 0 Å². The summed E-state index contributed by atoms with van der Waals surface area (Å²) in [6.07, 6.45) is 1.81. The molecule has 0 aliphatic rings. The molecule has 4 nitrogen and oxygen atoms in total. The van der Waals surface area contributed by atoms with Crippen LogP contribution in [-0.4, -0.2) is 19.6 Å². The van der Waals surface area contributed by atoms with Gasteiger partial charge < -0.3 is 5.11 Å². The average molecular weight is 1000 g/mol. The van der Waals surface area contributed by atoms with Gasteiger partial charge in [-0.3, -0.25) is 9.55 Å². The minimum Gasteiger partial charge on any atom is -0.507 e. The number of hydrogen-bond donors (Lipinski definition) is 1. The normalized spacial score (nSPS) is 12.6. The number of benzene rings is 7. The van der Waals surface area contributed by atoms with Crippen molar-refractivity contribution in [2.75, 3.05) is 0 Å². The molecule has 0 spiro atoms. The summed E-state index contributed by atoms with van der Waals surface area (Å²) >= 11 is 0. The Kier molecular flexibility index (Phi) is 11.5. The largest absolute Gasteiger partial charge is 0.507 e. The van der Waals surface area contributed by atoms with Crippen molar-refractivity contribution < 1.29 is 28.9 Å². The van der Waals surface area contributed by atoms with E-state index >= 15 is 0 Å². The SMILES string of the molecule is [2H]C([2H])c1cc(-c2cc(-c3ccc(C(C)c4ccccc4)cc3)ccn2)[c-]c(-c2cccc3c2nc(-c2cccc(C(C)(C)C)c2O)n3-c2ccc(-c3ccccc3)cc2C(C)C)c1.[Pt]. The Bertz CT molecular complexity index is 3120. The van der Waals surface area contributed by atoms with Crippen LogP contribution in [0.15, 0.2) is 170 Å². The second-order valence-corrected chi connectivity index (χ2v) is 17.6. The van der Waals surface area contributed by atoms with Crippen molar-refractivity contribution in [1.29, 1.82) is 0 Å². The van der Waals surface area contributed by atoms with E-state index in [1.54, 1.807) is 0 Å². The van der Waals surface area contributed by atoms with Crippen LogP contribution in [0.4, 0.5) is 0 Å². The molecule has 0 aliphatic heterocycles. The molecule has 2 heterocycles. The van der Waals surface area contributed by atoms with Gasteiger partial charge in [0.1, 0.15) is 11.6 Å². The predicted octanol–water partition coefficient (Wildman–Crippen LogP) is 15.1. The Hall–Kier alpha value is -6.35. The number of imidazole rings is 1. The van der Waals surface area contributed by atoms with Crippen molar-refractivity contribution in [2.45, 2.75) is 65.7 Å². The number of nitrogens with zero attached hydrogens (tertiary/aromatic N) is 3. The van der Waals surface area contributed by atoms with Gasteiger partial charge in [-0.2, -0.15) is 0 Å². The molecule has 9 rings (SSSR count). The molecule has 5 heteroatoms. The molecule has 0 amide bonds. The molecular formula is C58H52N3OPt-. The fourth-order valence-corrected chi connectivity index (χ4v) is 8.63. The third-order valence-corrected chi connectivity index (χ3v) is 12.0. The van der Waals surface area contributed by atoms with Crippen molar-refractivity contribution >= 4 is 11.0 Å². The zero-order valence-corrected chi connectivity index (χ0v) is 38.8. The fraction of sp³-hybridized carbons (Fsp3) is 0.172. The zero-order valence-electron chi connectivity index (χ0n) is 38.5. The summed E-state index contributed by atoms with van der Waals surface area (Å²) in [6, 6.07) is 59.8. The number of hydrogen-bond acceptors (Lipinski definition) is 3. The summed E-state index contributed by atoms with van der Waals surface area (Å²) in [6.45, 7) is 11.7. The number of pyridine rings is 1. The standard InChI is InChI=1S/C58H52N3O.Pt/c1-37(2)50-35-44(42-18-12-9-13-19-42)28-29-53(50)61-54-23-15-20-48(55(54)60-57(61)49-21-14-22-51(56(49)62)58(5,6)7)46-32-38(3)33-47(34-46)52-36-45(30-31-59-52)43-26-24-41(25-27-43)39(4)40-16-10-8-11-17-40;/h8-33,35-37,39,62H,1-7H3;/q-1;/i3D2;. The maximum absolute atomic E-state index is 12.1. The van der Waals surface area contributed by atoms with Gasteiger partial charge in [-0.25, -0.2) is 4.98 Å². The second kappa shape index (κ2) is 17.8. The number of phenols is 1. The smallest absolute Gasteiger partial charge is 0.148 e. The summed E-state index contributed by atoms with van der Waals surface area (Å²) in [7, 11) is 0. The number of rotatable bonds is 9. The average Bonchev–Trinajstić information content (AvgIpc) is 3.70. The van der Waals surface area contributed by atoms with Crippen LogP contribution in [0.3, 0.4) is 0 Å². The second-order valence-electron chi connectivity index (χ2n) is 17.6. The number of aryl methyl sites for hydroxylation is 1. The summed E-state index contributed by atoms with van der Waals surface area (Å²) in [5.74, 6) is 1.26. The van der Waals surface area contributed by atoms with E-state index in [0.29, 0.717) is 33.8 Å². The fourth-order valence-electron chi connectivity index (χ4n) is 8.63. The van der Waals surface area contributed by atoms with E-state index in [0.717, 1.165) is 55.7 Å². The van der Waals surface area contributed by atoms with Crippen LogP contribution in [0.2, 0.25) is 0 Å². The van der Waals surface area contributed by atoms with E-state index in [2.05, 4.69) is 155 Å². The van der Waals surface area contributed by atoms with Gasteiger partial charge in [-0.05, 0) is 86.2 Å². The molecule has 0 radical (unpaired) electrons. The van der Waals surface area contributed by atoms with Crippen molar-refractivity contribution in [3.05, 3.63) is 204 Å². The molecule has 0 saturated heterocycles. The van der Waals surface area contributed by atoms with Crippen LogP contribution in [0.1, 0.15) is 83.9 Å². The van der Waals surface area contributed by atoms with E-state index in [4.69, 9.17) is 12.7 Å². The third-order valence-electron chi connectivity index (χ3n) is 12.0. The summed E-state index contributed by atoms with van der Waals surface area (Å²) in [5, 5.41) is 12.1. The minimum atomic E-state index is -1.24. The molecule has 9 aromatic rings. The Morgan fingerprint density at radius 3 is 1.98 bits per heavy atom. The topological polar surface area (TPSA) is 50.9 Å². The first-order valence-corrected chi connectivity index (χ1v) is 21.4. The summed E-state index contributed by atoms with van der Waals surface area (Å²) < 4.78 is 19.3. The molecule has 1 atom stereocenters. The monoisotopic (exact) mass is 1000 g/mol. The molecule has 63 heavy (non-hydrogen) atoms. The maximum Gasteiger partial charge on any atom is 0.148 e. The van der Waals surface area contributed by atoms with Crippen LogP contribution in [0, 0.1) is 12.9 Å².